The smallest absolute Gasteiger partial charge is 0.0110 e. The summed E-state index contributed by atoms with van der Waals surface area (Å²) in [5.74, 6) is 1.73. The van der Waals surface area contributed by atoms with Gasteiger partial charge in [-0.15, -0.1) is 0 Å². The zero-order valence-electron chi connectivity index (χ0n) is 10.8. The van der Waals surface area contributed by atoms with Gasteiger partial charge in [-0.3, -0.25) is 0 Å². The molecule has 4 atom stereocenters. The van der Waals surface area contributed by atoms with Crippen molar-refractivity contribution in [3.05, 3.63) is 0 Å². The average Bonchev–Trinajstić information content (AvgIpc) is 2.76. The summed E-state index contributed by atoms with van der Waals surface area (Å²) in [6, 6.07) is 1.52. The van der Waals surface area contributed by atoms with Gasteiger partial charge in [0.15, 0.2) is 0 Å². The fraction of sp³-hybridized carbons (Fsp3) is 1.00. The van der Waals surface area contributed by atoms with Crippen LogP contribution in [0.1, 0.15) is 58.3 Å². The predicted molar refractivity (Wildman–Crippen MR) is 69.4 cm³/mol. The fourth-order valence-corrected chi connectivity index (χ4v) is 3.65. The summed E-state index contributed by atoms with van der Waals surface area (Å²) in [5, 5.41) is 3.90. The molecule has 4 unspecified atom stereocenters. The Morgan fingerprint density at radius 1 is 1.12 bits per heavy atom. The molecule has 94 valence electrons. The van der Waals surface area contributed by atoms with Crippen molar-refractivity contribution >= 4 is 0 Å². The normalized spacial score (nSPS) is 40.1. The summed E-state index contributed by atoms with van der Waals surface area (Å²) < 4.78 is 0. The Kier molecular flexibility index (Phi) is 4.66. The van der Waals surface area contributed by atoms with E-state index in [2.05, 4.69) is 12.2 Å². The van der Waals surface area contributed by atoms with E-state index < -0.39 is 0 Å². The molecular weight excluding hydrogens is 196 g/mol. The van der Waals surface area contributed by atoms with E-state index in [1.807, 2.05) is 0 Å². The summed E-state index contributed by atoms with van der Waals surface area (Å²) in [4.78, 5) is 0. The van der Waals surface area contributed by atoms with Gasteiger partial charge in [-0.1, -0.05) is 32.6 Å². The van der Waals surface area contributed by atoms with Crippen LogP contribution in [0.15, 0.2) is 0 Å². The Morgan fingerprint density at radius 3 is 2.69 bits per heavy atom. The Morgan fingerprint density at radius 2 is 1.94 bits per heavy atom. The van der Waals surface area contributed by atoms with Crippen LogP contribution < -0.4 is 11.1 Å². The minimum absolute atomic E-state index is 0.727. The van der Waals surface area contributed by atoms with Gasteiger partial charge in [-0.05, 0) is 44.1 Å². The highest BCUT2D eigenvalue weighted by atomic mass is 15.0. The first-order valence-corrected chi connectivity index (χ1v) is 7.29. The molecule has 0 aromatic heterocycles. The van der Waals surface area contributed by atoms with Crippen LogP contribution in [-0.2, 0) is 0 Å². The zero-order chi connectivity index (χ0) is 11.4. The highest BCUT2D eigenvalue weighted by Crippen LogP contribution is 2.30. The number of nitrogens with one attached hydrogen (secondary N) is 1. The topological polar surface area (TPSA) is 38.0 Å². The highest BCUT2D eigenvalue weighted by molar-refractivity contribution is 4.88. The van der Waals surface area contributed by atoms with Crippen molar-refractivity contribution in [2.75, 3.05) is 6.54 Å². The van der Waals surface area contributed by atoms with Crippen molar-refractivity contribution in [3.8, 4) is 0 Å². The molecule has 0 aliphatic heterocycles. The van der Waals surface area contributed by atoms with Gasteiger partial charge in [0.05, 0.1) is 0 Å². The van der Waals surface area contributed by atoms with Crippen molar-refractivity contribution in [1.29, 1.82) is 0 Å². The average molecular weight is 224 g/mol. The quantitative estimate of drug-likeness (QED) is 0.770. The zero-order valence-corrected chi connectivity index (χ0v) is 10.8. The summed E-state index contributed by atoms with van der Waals surface area (Å²) in [7, 11) is 0. The number of nitrogens with two attached hydrogens (primary N) is 1. The van der Waals surface area contributed by atoms with E-state index >= 15 is 0 Å². The summed E-state index contributed by atoms with van der Waals surface area (Å²) in [5.41, 5.74) is 5.84. The van der Waals surface area contributed by atoms with E-state index in [0.717, 1.165) is 30.5 Å². The van der Waals surface area contributed by atoms with E-state index in [-0.39, 0.29) is 0 Å². The van der Waals surface area contributed by atoms with Crippen LogP contribution in [-0.4, -0.2) is 18.6 Å². The summed E-state index contributed by atoms with van der Waals surface area (Å²) in [6.45, 7) is 3.22. The molecule has 0 amide bonds. The van der Waals surface area contributed by atoms with Crippen molar-refractivity contribution < 1.29 is 0 Å². The van der Waals surface area contributed by atoms with Crippen LogP contribution in [0.5, 0.6) is 0 Å². The van der Waals surface area contributed by atoms with Crippen LogP contribution in [0.4, 0.5) is 0 Å². The van der Waals surface area contributed by atoms with Gasteiger partial charge in [-0.2, -0.15) is 0 Å². The van der Waals surface area contributed by atoms with Crippen LogP contribution >= 0.6 is 0 Å². The first-order chi connectivity index (χ1) is 7.83. The Balaban J connectivity index is 1.79. The Labute approximate surface area is 100 Å². The SMILES string of the molecule is CCC1CCCC(NC2CCCC2CN)C1. The molecule has 2 heteroatoms. The van der Waals surface area contributed by atoms with E-state index in [9.17, 15) is 0 Å². The predicted octanol–water partition coefficient (Wildman–Crippen LogP) is 2.67. The molecule has 2 aliphatic rings. The minimum atomic E-state index is 0.727. The molecule has 2 rings (SSSR count). The van der Waals surface area contributed by atoms with Crippen LogP contribution in [0, 0.1) is 11.8 Å². The largest absolute Gasteiger partial charge is 0.330 e. The molecule has 2 fully saturated rings. The molecule has 0 saturated heterocycles. The van der Waals surface area contributed by atoms with Gasteiger partial charge < -0.3 is 11.1 Å². The second-order valence-corrected chi connectivity index (χ2v) is 5.84. The van der Waals surface area contributed by atoms with Crippen molar-refractivity contribution in [2.45, 2.75) is 70.4 Å². The van der Waals surface area contributed by atoms with Crippen LogP contribution in [0.2, 0.25) is 0 Å². The molecular formula is C14H28N2. The van der Waals surface area contributed by atoms with Crippen molar-refractivity contribution in [2.24, 2.45) is 17.6 Å². The molecule has 0 aromatic rings. The lowest BCUT2D eigenvalue weighted by Crippen LogP contribution is -2.44. The summed E-state index contributed by atoms with van der Waals surface area (Å²) in [6.07, 6.45) is 11.1. The third-order valence-corrected chi connectivity index (χ3v) is 4.77. The molecule has 0 radical (unpaired) electrons. The third kappa shape index (κ3) is 2.98. The van der Waals surface area contributed by atoms with Crippen LogP contribution in [0.25, 0.3) is 0 Å². The standard InChI is InChI=1S/C14H28N2/c1-2-11-5-3-7-13(9-11)16-14-8-4-6-12(14)10-15/h11-14,16H,2-10,15H2,1H3. The second-order valence-electron chi connectivity index (χ2n) is 5.84. The van der Waals surface area contributed by atoms with Gasteiger partial charge in [0.1, 0.15) is 0 Å². The van der Waals surface area contributed by atoms with Gasteiger partial charge >= 0.3 is 0 Å². The molecule has 2 saturated carbocycles. The van der Waals surface area contributed by atoms with E-state index in [0.29, 0.717) is 0 Å². The highest BCUT2D eigenvalue weighted by Gasteiger charge is 2.29. The van der Waals surface area contributed by atoms with Crippen LogP contribution in [0.3, 0.4) is 0 Å². The van der Waals surface area contributed by atoms with Crippen molar-refractivity contribution in [1.82, 2.24) is 5.32 Å². The van der Waals surface area contributed by atoms with Gasteiger partial charge in [0, 0.05) is 12.1 Å². The molecule has 0 bridgehead atoms. The first-order valence-electron chi connectivity index (χ1n) is 7.29. The van der Waals surface area contributed by atoms with Gasteiger partial charge in [0.25, 0.3) is 0 Å². The maximum atomic E-state index is 5.84. The van der Waals surface area contributed by atoms with Gasteiger partial charge in [-0.25, -0.2) is 0 Å². The number of hydrogen-bond donors (Lipinski definition) is 2. The Bertz CT molecular complexity index is 205. The molecule has 2 aliphatic carbocycles. The maximum absolute atomic E-state index is 5.84. The van der Waals surface area contributed by atoms with Gasteiger partial charge in [0.2, 0.25) is 0 Å². The van der Waals surface area contributed by atoms with E-state index in [1.54, 1.807) is 0 Å². The number of rotatable bonds is 4. The maximum Gasteiger partial charge on any atom is 0.0110 e. The molecule has 0 spiro atoms. The Hall–Kier alpha value is -0.0800. The summed E-state index contributed by atoms with van der Waals surface area (Å²) >= 11 is 0. The van der Waals surface area contributed by atoms with Crippen molar-refractivity contribution in [3.63, 3.8) is 0 Å². The van der Waals surface area contributed by atoms with E-state index in [4.69, 9.17) is 5.73 Å². The molecule has 2 nitrogen and oxygen atoms in total. The third-order valence-electron chi connectivity index (χ3n) is 4.77. The molecule has 16 heavy (non-hydrogen) atoms. The number of hydrogen-bond acceptors (Lipinski definition) is 2. The molecule has 3 N–H and O–H groups in total. The lowest BCUT2D eigenvalue weighted by atomic mass is 9.83. The lowest BCUT2D eigenvalue weighted by molar-refractivity contribution is 0.246. The minimum Gasteiger partial charge on any atom is -0.330 e. The van der Waals surface area contributed by atoms with E-state index in [1.165, 1.54) is 51.4 Å². The first kappa shape index (κ1) is 12.4. The molecule has 0 heterocycles. The second kappa shape index (κ2) is 6.02. The monoisotopic (exact) mass is 224 g/mol. The lowest BCUT2D eigenvalue weighted by Gasteiger charge is -2.33. The fourth-order valence-electron chi connectivity index (χ4n) is 3.65. The molecule has 0 aromatic carbocycles.